The van der Waals surface area contributed by atoms with Gasteiger partial charge in [-0.25, -0.2) is 4.98 Å². The van der Waals surface area contributed by atoms with E-state index in [2.05, 4.69) is 16.8 Å². The molecule has 0 fully saturated rings. The van der Waals surface area contributed by atoms with E-state index in [1.165, 1.54) is 0 Å². The van der Waals surface area contributed by atoms with Crippen LogP contribution in [0.5, 0.6) is 0 Å². The lowest BCUT2D eigenvalue weighted by Gasteiger charge is -2.22. The number of rotatable bonds is 4. The Bertz CT molecular complexity index is 537. The van der Waals surface area contributed by atoms with Gasteiger partial charge in [0.1, 0.15) is 11.7 Å². The summed E-state index contributed by atoms with van der Waals surface area (Å²) in [6.45, 7) is 2.87. The lowest BCUT2D eigenvalue weighted by Crippen LogP contribution is -2.19. The number of anilines is 2. The van der Waals surface area contributed by atoms with Crippen molar-refractivity contribution in [3.8, 4) is 0 Å². The molecule has 1 aromatic heterocycles. The highest BCUT2D eigenvalue weighted by atomic mass is 15.2. The fourth-order valence-electron chi connectivity index (χ4n) is 1.82. The maximum absolute atomic E-state index is 7.47. The van der Waals surface area contributed by atoms with Gasteiger partial charge in [-0.15, -0.1) is 0 Å². The third kappa shape index (κ3) is 2.48. The summed E-state index contributed by atoms with van der Waals surface area (Å²) in [7, 11) is 0. The molecule has 0 bridgehead atoms. The Labute approximate surface area is 107 Å². The molecule has 18 heavy (non-hydrogen) atoms. The number of amidine groups is 1. The second-order valence-electron chi connectivity index (χ2n) is 3.90. The van der Waals surface area contributed by atoms with Gasteiger partial charge in [0.15, 0.2) is 0 Å². The molecule has 4 nitrogen and oxygen atoms in total. The van der Waals surface area contributed by atoms with Gasteiger partial charge in [0.25, 0.3) is 0 Å². The van der Waals surface area contributed by atoms with Gasteiger partial charge in [0, 0.05) is 24.0 Å². The first kappa shape index (κ1) is 12.1. The molecule has 1 heterocycles. The number of aromatic nitrogens is 1. The fourth-order valence-corrected chi connectivity index (χ4v) is 1.82. The van der Waals surface area contributed by atoms with Gasteiger partial charge >= 0.3 is 0 Å². The maximum Gasteiger partial charge on any atom is 0.133 e. The van der Waals surface area contributed by atoms with Gasteiger partial charge in [-0.3, -0.25) is 5.41 Å². The number of nitrogens with two attached hydrogens (primary N) is 1. The molecule has 0 saturated heterocycles. The molecule has 2 rings (SSSR count). The first-order valence-electron chi connectivity index (χ1n) is 5.85. The van der Waals surface area contributed by atoms with Crippen LogP contribution in [0.3, 0.4) is 0 Å². The molecule has 92 valence electrons. The van der Waals surface area contributed by atoms with E-state index in [1.807, 2.05) is 36.4 Å². The van der Waals surface area contributed by atoms with Crippen molar-refractivity contribution < 1.29 is 0 Å². The summed E-state index contributed by atoms with van der Waals surface area (Å²) < 4.78 is 0. The van der Waals surface area contributed by atoms with E-state index >= 15 is 0 Å². The number of benzene rings is 1. The zero-order valence-corrected chi connectivity index (χ0v) is 10.3. The Balaban J connectivity index is 2.39. The topological polar surface area (TPSA) is 66.0 Å². The molecule has 0 amide bonds. The van der Waals surface area contributed by atoms with Gasteiger partial charge in [-0.1, -0.05) is 18.2 Å². The molecule has 0 saturated carbocycles. The molecule has 0 aliphatic heterocycles. The Hall–Kier alpha value is -2.36. The largest absolute Gasteiger partial charge is 0.384 e. The summed E-state index contributed by atoms with van der Waals surface area (Å²) in [6.07, 6.45) is 1.68. The second-order valence-corrected chi connectivity index (χ2v) is 3.90. The zero-order chi connectivity index (χ0) is 13.0. The summed E-state index contributed by atoms with van der Waals surface area (Å²) >= 11 is 0. The Morgan fingerprint density at radius 3 is 2.61 bits per heavy atom. The standard InChI is InChI=1S/C14H16N4/c1-2-18(12-6-4-3-5-7-12)13-10-11(14(15)16)8-9-17-13/h3-10H,2H2,1H3,(H3,15,16). The molecule has 2 aromatic rings. The van der Waals surface area contributed by atoms with Crippen molar-refractivity contribution in [1.82, 2.24) is 4.98 Å². The maximum atomic E-state index is 7.47. The van der Waals surface area contributed by atoms with Crippen LogP contribution in [0.25, 0.3) is 0 Å². The number of nitrogens with one attached hydrogen (secondary N) is 1. The van der Waals surface area contributed by atoms with E-state index in [0.717, 1.165) is 18.1 Å². The summed E-state index contributed by atoms with van der Waals surface area (Å²) in [5, 5.41) is 7.47. The molecule has 0 radical (unpaired) electrons. The number of pyridine rings is 1. The van der Waals surface area contributed by atoms with Crippen LogP contribution >= 0.6 is 0 Å². The van der Waals surface area contributed by atoms with Gasteiger partial charge in [0.05, 0.1) is 0 Å². The van der Waals surface area contributed by atoms with Crippen molar-refractivity contribution in [2.75, 3.05) is 11.4 Å². The summed E-state index contributed by atoms with van der Waals surface area (Å²) in [6, 6.07) is 13.6. The van der Waals surface area contributed by atoms with Crippen LogP contribution in [-0.2, 0) is 0 Å². The van der Waals surface area contributed by atoms with Crippen LogP contribution < -0.4 is 10.6 Å². The van der Waals surface area contributed by atoms with E-state index < -0.39 is 0 Å². The van der Waals surface area contributed by atoms with Gasteiger partial charge in [-0.2, -0.15) is 0 Å². The molecule has 4 heteroatoms. The monoisotopic (exact) mass is 240 g/mol. The van der Waals surface area contributed by atoms with Crippen LogP contribution in [0.1, 0.15) is 12.5 Å². The third-order valence-corrected chi connectivity index (χ3v) is 2.72. The van der Waals surface area contributed by atoms with E-state index in [4.69, 9.17) is 11.1 Å². The summed E-state index contributed by atoms with van der Waals surface area (Å²) in [5.41, 5.74) is 7.27. The average molecular weight is 240 g/mol. The number of nitrogens with zero attached hydrogens (tertiary/aromatic N) is 2. The highest BCUT2D eigenvalue weighted by Crippen LogP contribution is 2.23. The van der Waals surface area contributed by atoms with Crippen molar-refractivity contribution in [1.29, 1.82) is 5.41 Å². The smallest absolute Gasteiger partial charge is 0.133 e. The Morgan fingerprint density at radius 1 is 1.28 bits per heavy atom. The van der Waals surface area contributed by atoms with E-state index in [-0.39, 0.29) is 5.84 Å². The van der Waals surface area contributed by atoms with Crippen LogP contribution in [0.15, 0.2) is 48.7 Å². The first-order valence-corrected chi connectivity index (χ1v) is 5.85. The minimum absolute atomic E-state index is 0.0581. The predicted octanol–water partition coefficient (Wildman–Crippen LogP) is 2.52. The number of para-hydroxylation sites is 1. The predicted molar refractivity (Wildman–Crippen MR) is 74.4 cm³/mol. The van der Waals surface area contributed by atoms with E-state index in [0.29, 0.717) is 5.56 Å². The lowest BCUT2D eigenvalue weighted by molar-refractivity contribution is 0.989. The van der Waals surface area contributed by atoms with Crippen molar-refractivity contribution in [3.63, 3.8) is 0 Å². The minimum Gasteiger partial charge on any atom is -0.384 e. The van der Waals surface area contributed by atoms with Crippen molar-refractivity contribution in [2.45, 2.75) is 6.92 Å². The molecule has 0 unspecified atom stereocenters. The van der Waals surface area contributed by atoms with Crippen LogP contribution in [0.4, 0.5) is 11.5 Å². The lowest BCUT2D eigenvalue weighted by atomic mass is 10.2. The molecule has 0 aliphatic rings. The van der Waals surface area contributed by atoms with Gasteiger partial charge < -0.3 is 10.6 Å². The number of hydrogen-bond acceptors (Lipinski definition) is 3. The van der Waals surface area contributed by atoms with E-state index in [9.17, 15) is 0 Å². The van der Waals surface area contributed by atoms with Crippen LogP contribution in [0.2, 0.25) is 0 Å². The molecule has 0 spiro atoms. The molecule has 3 N–H and O–H groups in total. The molecule has 1 aromatic carbocycles. The van der Waals surface area contributed by atoms with Crippen molar-refractivity contribution in [3.05, 3.63) is 54.2 Å². The molecule has 0 atom stereocenters. The van der Waals surface area contributed by atoms with Crippen LogP contribution in [0, 0.1) is 5.41 Å². The Kier molecular flexibility index (Phi) is 3.57. The highest BCUT2D eigenvalue weighted by Gasteiger charge is 2.09. The number of nitrogen functional groups attached to an aromatic ring is 1. The highest BCUT2D eigenvalue weighted by molar-refractivity contribution is 5.95. The average Bonchev–Trinajstić information content (AvgIpc) is 2.41. The minimum atomic E-state index is 0.0581. The van der Waals surface area contributed by atoms with Crippen LogP contribution in [-0.4, -0.2) is 17.4 Å². The SMILES string of the molecule is CCN(c1ccccc1)c1cc(C(=N)N)ccn1. The van der Waals surface area contributed by atoms with E-state index in [1.54, 1.807) is 12.3 Å². The van der Waals surface area contributed by atoms with Gasteiger partial charge in [0.2, 0.25) is 0 Å². The molecular weight excluding hydrogens is 224 g/mol. The molecular formula is C14H16N4. The summed E-state index contributed by atoms with van der Waals surface area (Å²) in [4.78, 5) is 6.42. The number of hydrogen-bond donors (Lipinski definition) is 2. The van der Waals surface area contributed by atoms with Crippen molar-refractivity contribution in [2.24, 2.45) is 5.73 Å². The summed E-state index contributed by atoms with van der Waals surface area (Å²) in [5.74, 6) is 0.860. The van der Waals surface area contributed by atoms with Gasteiger partial charge in [-0.05, 0) is 31.2 Å². The molecule has 0 aliphatic carbocycles. The first-order chi connectivity index (χ1) is 8.72. The quantitative estimate of drug-likeness (QED) is 0.637. The Morgan fingerprint density at radius 2 is 2.00 bits per heavy atom. The fraction of sp³-hybridized carbons (Fsp3) is 0.143. The third-order valence-electron chi connectivity index (χ3n) is 2.72. The zero-order valence-electron chi connectivity index (χ0n) is 10.3. The second kappa shape index (κ2) is 5.31. The van der Waals surface area contributed by atoms with Crippen molar-refractivity contribution >= 4 is 17.3 Å². The normalized spacial score (nSPS) is 10.1.